The second-order valence-electron chi connectivity index (χ2n) is 5.56. The second-order valence-corrected chi connectivity index (χ2v) is 5.56. The summed E-state index contributed by atoms with van der Waals surface area (Å²) < 4.78 is 5.62. The summed E-state index contributed by atoms with van der Waals surface area (Å²) >= 11 is 0. The van der Waals surface area contributed by atoms with Gasteiger partial charge in [-0.25, -0.2) is 0 Å². The van der Waals surface area contributed by atoms with Crippen LogP contribution in [0, 0.1) is 5.92 Å². The number of nitrogens with zero attached hydrogens (tertiary/aromatic N) is 1. The summed E-state index contributed by atoms with van der Waals surface area (Å²) in [7, 11) is 3.51. The fraction of sp³-hybridized carbons (Fsp3) is 0.562. The first-order valence-corrected chi connectivity index (χ1v) is 7.11. The van der Waals surface area contributed by atoms with Gasteiger partial charge in [0.25, 0.3) is 0 Å². The quantitative estimate of drug-likeness (QED) is 0.793. The van der Waals surface area contributed by atoms with Gasteiger partial charge in [0.2, 0.25) is 5.91 Å². The maximum absolute atomic E-state index is 11.4. The number of hydrogen-bond donors (Lipinski definition) is 1. The van der Waals surface area contributed by atoms with Crippen LogP contribution in [0.1, 0.15) is 25.8 Å². The molecule has 0 saturated carbocycles. The van der Waals surface area contributed by atoms with Crippen LogP contribution in [0.15, 0.2) is 24.3 Å². The number of nitrogens with one attached hydrogen (secondary N) is 1. The number of ether oxygens (including phenoxy) is 1. The van der Waals surface area contributed by atoms with Gasteiger partial charge in [-0.15, -0.1) is 0 Å². The van der Waals surface area contributed by atoms with Gasteiger partial charge in [0.1, 0.15) is 5.75 Å². The van der Waals surface area contributed by atoms with Crippen LogP contribution in [0.2, 0.25) is 0 Å². The Labute approximate surface area is 122 Å². The Hall–Kier alpha value is -1.55. The predicted octanol–water partition coefficient (Wildman–Crippen LogP) is 2.29. The molecule has 0 unspecified atom stereocenters. The molecule has 0 heterocycles. The van der Waals surface area contributed by atoms with Gasteiger partial charge in [-0.1, -0.05) is 26.0 Å². The summed E-state index contributed by atoms with van der Waals surface area (Å²) in [5, 5.41) is 3.40. The van der Waals surface area contributed by atoms with Crippen molar-refractivity contribution in [3.63, 3.8) is 0 Å². The van der Waals surface area contributed by atoms with Crippen molar-refractivity contribution in [3.05, 3.63) is 29.8 Å². The predicted molar refractivity (Wildman–Crippen MR) is 81.8 cm³/mol. The molecule has 0 saturated heterocycles. The molecule has 1 N–H and O–H groups in total. The molecule has 0 aliphatic rings. The van der Waals surface area contributed by atoms with E-state index in [2.05, 4.69) is 25.2 Å². The highest BCUT2D eigenvalue weighted by atomic mass is 16.5. The monoisotopic (exact) mass is 278 g/mol. The molecular weight excluding hydrogens is 252 g/mol. The van der Waals surface area contributed by atoms with Gasteiger partial charge >= 0.3 is 0 Å². The largest absolute Gasteiger partial charge is 0.493 e. The standard InChI is InChI=1S/C16H26N2O2/c1-13(2)11-17-12-14-6-5-7-15(10-14)20-9-8-16(19)18(3)4/h5-7,10,13,17H,8-9,11-12H2,1-4H3. The second kappa shape index (κ2) is 8.59. The summed E-state index contributed by atoms with van der Waals surface area (Å²) in [6.07, 6.45) is 0.406. The molecule has 1 aromatic carbocycles. The van der Waals surface area contributed by atoms with Gasteiger partial charge in [-0.2, -0.15) is 0 Å². The molecule has 0 radical (unpaired) electrons. The van der Waals surface area contributed by atoms with Crippen LogP contribution in [0.3, 0.4) is 0 Å². The lowest BCUT2D eigenvalue weighted by Crippen LogP contribution is -2.23. The van der Waals surface area contributed by atoms with Gasteiger partial charge in [0.15, 0.2) is 0 Å². The lowest BCUT2D eigenvalue weighted by Gasteiger charge is -2.12. The third kappa shape index (κ3) is 6.57. The van der Waals surface area contributed by atoms with Crippen LogP contribution in [0.25, 0.3) is 0 Å². The zero-order valence-corrected chi connectivity index (χ0v) is 13.0. The zero-order valence-electron chi connectivity index (χ0n) is 13.0. The van der Waals surface area contributed by atoms with E-state index in [1.54, 1.807) is 19.0 Å². The van der Waals surface area contributed by atoms with Crippen molar-refractivity contribution >= 4 is 5.91 Å². The number of amides is 1. The van der Waals surface area contributed by atoms with Gasteiger partial charge in [-0.05, 0) is 30.2 Å². The van der Waals surface area contributed by atoms with E-state index < -0.39 is 0 Å². The van der Waals surface area contributed by atoms with E-state index in [1.165, 1.54) is 5.56 Å². The maximum atomic E-state index is 11.4. The molecule has 0 atom stereocenters. The Balaban J connectivity index is 2.37. The molecule has 1 rings (SSSR count). The van der Waals surface area contributed by atoms with Crippen LogP contribution >= 0.6 is 0 Å². The highest BCUT2D eigenvalue weighted by Crippen LogP contribution is 2.13. The van der Waals surface area contributed by atoms with Crippen molar-refractivity contribution < 1.29 is 9.53 Å². The molecule has 0 aliphatic carbocycles. The minimum Gasteiger partial charge on any atom is -0.493 e. The Morgan fingerprint density at radius 1 is 1.35 bits per heavy atom. The van der Waals surface area contributed by atoms with E-state index in [0.717, 1.165) is 18.8 Å². The Bertz CT molecular complexity index is 417. The van der Waals surface area contributed by atoms with Crippen LogP contribution in [-0.4, -0.2) is 38.1 Å². The van der Waals surface area contributed by atoms with Gasteiger partial charge in [0, 0.05) is 20.6 Å². The van der Waals surface area contributed by atoms with Gasteiger partial charge in [0.05, 0.1) is 13.0 Å². The number of carbonyl (C=O) groups excluding carboxylic acids is 1. The molecule has 0 bridgehead atoms. The van der Waals surface area contributed by atoms with E-state index in [0.29, 0.717) is 18.9 Å². The Kier molecular flexibility index (Phi) is 7.09. The van der Waals surface area contributed by atoms with E-state index in [-0.39, 0.29) is 5.91 Å². The normalized spacial score (nSPS) is 10.7. The van der Waals surface area contributed by atoms with Crippen molar-refractivity contribution in [2.75, 3.05) is 27.2 Å². The van der Waals surface area contributed by atoms with Crippen molar-refractivity contribution in [1.29, 1.82) is 0 Å². The number of carbonyl (C=O) groups is 1. The highest BCUT2D eigenvalue weighted by Gasteiger charge is 2.04. The molecular formula is C16H26N2O2. The number of benzene rings is 1. The van der Waals surface area contributed by atoms with E-state index in [1.807, 2.05) is 18.2 Å². The van der Waals surface area contributed by atoms with E-state index >= 15 is 0 Å². The summed E-state index contributed by atoms with van der Waals surface area (Å²) in [4.78, 5) is 13.0. The van der Waals surface area contributed by atoms with Crippen LogP contribution < -0.4 is 10.1 Å². The van der Waals surface area contributed by atoms with Crippen molar-refractivity contribution in [2.45, 2.75) is 26.8 Å². The lowest BCUT2D eigenvalue weighted by molar-refractivity contribution is -0.129. The molecule has 4 heteroatoms. The molecule has 4 nitrogen and oxygen atoms in total. The molecule has 0 fully saturated rings. The van der Waals surface area contributed by atoms with Crippen LogP contribution in [-0.2, 0) is 11.3 Å². The first-order valence-electron chi connectivity index (χ1n) is 7.11. The van der Waals surface area contributed by atoms with Gasteiger partial charge in [-0.3, -0.25) is 4.79 Å². The topological polar surface area (TPSA) is 41.6 Å². The molecule has 1 amide bonds. The molecule has 20 heavy (non-hydrogen) atoms. The van der Waals surface area contributed by atoms with Crippen molar-refractivity contribution in [3.8, 4) is 5.75 Å². The average Bonchev–Trinajstić information content (AvgIpc) is 2.38. The number of rotatable bonds is 8. The molecule has 0 aliphatic heterocycles. The molecule has 0 spiro atoms. The first kappa shape index (κ1) is 16.5. The highest BCUT2D eigenvalue weighted by molar-refractivity contribution is 5.75. The third-order valence-corrected chi connectivity index (χ3v) is 2.86. The average molecular weight is 278 g/mol. The van der Waals surface area contributed by atoms with Crippen LogP contribution in [0.5, 0.6) is 5.75 Å². The Morgan fingerprint density at radius 2 is 2.10 bits per heavy atom. The fourth-order valence-corrected chi connectivity index (χ4v) is 1.73. The summed E-state index contributed by atoms with van der Waals surface area (Å²) in [5.41, 5.74) is 1.20. The lowest BCUT2D eigenvalue weighted by atomic mass is 10.2. The SMILES string of the molecule is CC(C)CNCc1cccc(OCCC(=O)N(C)C)c1. The summed E-state index contributed by atoms with van der Waals surface area (Å²) in [5.74, 6) is 1.55. The van der Waals surface area contributed by atoms with Crippen LogP contribution in [0.4, 0.5) is 0 Å². The molecule has 112 valence electrons. The zero-order chi connectivity index (χ0) is 15.0. The van der Waals surface area contributed by atoms with Gasteiger partial charge < -0.3 is 15.0 Å². The Morgan fingerprint density at radius 3 is 2.75 bits per heavy atom. The molecule has 0 aromatic heterocycles. The minimum atomic E-state index is 0.0831. The van der Waals surface area contributed by atoms with E-state index in [4.69, 9.17) is 4.74 Å². The first-order chi connectivity index (χ1) is 9.49. The third-order valence-electron chi connectivity index (χ3n) is 2.86. The maximum Gasteiger partial charge on any atom is 0.225 e. The summed E-state index contributed by atoms with van der Waals surface area (Å²) in [6, 6.07) is 8.00. The fourth-order valence-electron chi connectivity index (χ4n) is 1.73. The summed E-state index contributed by atoms with van der Waals surface area (Å²) in [6.45, 7) is 6.64. The smallest absolute Gasteiger partial charge is 0.225 e. The van der Waals surface area contributed by atoms with E-state index in [9.17, 15) is 4.79 Å². The number of hydrogen-bond acceptors (Lipinski definition) is 3. The van der Waals surface area contributed by atoms with Crippen molar-refractivity contribution in [1.82, 2.24) is 10.2 Å². The van der Waals surface area contributed by atoms with Crippen molar-refractivity contribution in [2.24, 2.45) is 5.92 Å². The molecule has 1 aromatic rings. The minimum absolute atomic E-state index is 0.0831.